The SMILES string of the molecule is CC(O)CCOC(=O)C(=N)CC(=O)O. The Morgan fingerprint density at radius 3 is 2.50 bits per heavy atom. The maximum atomic E-state index is 10.9. The number of hydrogen-bond acceptors (Lipinski definition) is 5. The molecular formula is C8H13NO5. The second-order valence-corrected chi connectivity index (χ2v) is 2.82. The Balaban J connectivity index is 3.74. The summed E-state index contributed by atoms with van der Waals surface area (Å²) in [5.41, 5.74) is -0.594. The Kier molecular flexibility index (Phi) is 5.47. The van der Waals surface area contributed by atoms with Gasteiger partial charge in [0.15, 0.2) is 0 Å². The van der Waals surface area contributed by atoms with Gasteiger partial charge >= 0.3 is 11.9 Å². The molecule has 14 heavy (non-hydrogen) atoms. The molecule has 0 fully saturated rings. The molecule has 0 aromatic rings. The molecule has 6 heteroatoms. The van der Waals surface area contributed by atoms with E-state index in [-0.39, 0.29) is 13.0 Å². The van der Waals surface area contributed by atoms with Crippen LogP contribution in [-0.4, -0.2) is 40.6 Å². The predicted octanol–water partition coefficient (Wildman–Crippen LogP) is -0.205. The van der Waals surface area contributed by atoms with Crippen molar-refractivity contribution in [3.05, 3.63) is 0 Å². The molecule has 0 spiro atoms. The summed E-state index contributed by atoms with van der Waals surface area (Å²) in [4.78, 5) is 21.0. The molecule has 0 saturated carbocycles. The number of carboxylic acid groups (broad SMARTS) is 1. The molecule has 0 aliphatic heterocycles. The molecule has 0 aromatic heterocycles. The van der Waals surface area contributed by atoms with Gasteiger partial charge in [0.25, 0.3) is 0 Å². The van der Waals surface area contributed by atoms with Gasteiger partial charge in [-0.3, -0.25) is 10.2 Å². The highest BCUT2D eigenvalue weighted by molar-refractivity contribution is 6.37. The fourth-order valence-corrected chi connectivity index (χ4v) is 0.633. The lowest BCUT2D eigenvalue weighted by molar-refractivity contribution is -0.139. The Labute approximate surface area is 81.0 Å². The standard InChI is InChI=1S/C8H13NO5/c1-5(10)2-3-14-8(13)6(9)4-7(11)12/h5,9-10H,2-4H2,1H3,(H,11,12). The van der Waals surface area contributed by atoms with E-state index in [0.717, 1.165) is 0 Å². The van der Waals surface area contributed by atoms with Crippen LogP contribution in [-0.2, 0) is 14.3 Å². The number of aliphatic carboxylic acids is 1. The smallest absolute Gasteiger partial charge is 0.352 e. The van der Waals surface area contributed by atoms with Crippen molar-refractivity contribution in [2.45, 2.75) is 25.9 Å². The molecule has 0 radical (unpaired) electrons. The minimum atomic E-state index is -1.25. The number of rotatable bonds is 6. The Bertz CT molecular complexity index is 236. The molecule has 6 nitrogen and oxygen atoms in total. The van der Waals surface area contributed by atoms with Crippen LogP contribution in [0.5, 0.6) is 0 Å². The number of carboxylic acids is 1. The lowest BCUT2D eigenvalue weighted by atomic mass is 10.3. The first-order valence-electron chi connectivity index (χ1n) is 4.08. The van der Waals surface area contributed by atoms with Crippen LogP contribution >= 0.6 is 0 Å². The van der Waals surface area contributed by atoms with Crippen molar-refractivity contribution in [2.24, 2.45) is 0 Å². The molecule has 80 valence electrons. The summed E-state index contributed by atoms with van der Waals surface area (Å²) in [7, 11) is 0. The van der Waals surface area contributed by atoms with Crippen molar-refractivity contribution in [2.75, 3.05) is 6.61 Å². The number of ether oxygens (including phenoxy) is 1. The van der Waals surface area contributed by atoms with Crippen LogP contribution in [0.2, 0.25) is 0 Å². The lowest BCUT2D eigenvalue weighted by Gasteiger charge is -2.05. The zero-order chi connectivity index (χ0) is 11.1. The van der Waals surface area contributed by atoms with Crippen molar-refractivity contribution < 1.29 is 24.5 Å². The third-order valence-corrected chi connectivity index (χ3v) is 1.34. The molecular weight excluding hydrogens is 190 g/mol. The summed E-state index contributed by atoms with van der Waals surface area (Å²) >= 11 is 0. The molecule has 0 aliphatic carbocycles. The molecule has 3 N–H and O–H groups in total. The molecule has 0 aromatic carbocycles. The van der Waals surface area contributed by atoms with Gasteiger partial charge in [-0.1, -0.05) is 0 Å². The summed E-state index contributed by atoms with van der Waals surface area (Å²) in [6, 6.07) is 0. The fourth-order valence-electron chi connectivity index (χ4n) is 0.633. The van der Waals surface area contributed by atoms with Gasteiger partial charge in [0.05, 0.1) is 19.1 Å². The van der Waals surface area contributed by atoms with Gasteiger partial charge in [-0.05, 0) is 6.92 Å². The Hall–Kier alpha value is -1.43. The number of aliphatic hydroxyl groups is 1. The van der Waals surface area contributed by atoms with E-state index in [9.17, 15) is 9.59 Å². The first-order valence-corrected chi connectivity index (χ1v) is 4.08. The molecule has 0 amide bonds. The van der Waals surface area contributed by atoms with Crippen molar-refractivity contribution in [3.63, 3.8) is 0 Å². The zero-order valence-corrected chi connectivity index (χ0v) is 7.82. The molecule has 1 unspecified atom stereocenters. The molecule has 0 saturated heterocycles. The summed E-state index contributed by atoms with van der Waals surface area (Å²) in [6.45, 7) is 1.52. The van der Waals surface area contributed by atoms with Crippen LogP contribution in [0, 0.1) is 5.41 Å². The molecule has 0 rings (SSSR count). The van der Waals surface area contributed by atoms with E-state index in [1.807, 2.05) is 0 Å². The molecule has 1 atom stereocenters. The fraction of sp³-hybridized carbons (Fsp3) is 0.625. The van der Waals surface area contributed by atoms with Gasteiger partial charge in [0.2, 0.25) is 0 Å². The monoisotopic (exact) mass is 203 g/mol. The van der Waals surface area contributed by atoms with Crippen LogP contribution in [0.3, 0.4) is 0 Å². The van der Waals surface area contributed by atoms with Crippen LogP contribution in [0.25, 0.3) is 0 Å². The van der Waals surface area contributed by atoms with Crippen molar-refractivity contribution in [1.82, 2.24) is 0 Å². The number of carbonyl (C=O) groups is 2. The largest absolute Gasteiger partial charge is 0.481 e. The van der Waals surface area contributed by atoms with Crippen LogP contribution in [0.1, 0.15) is 19.8 Å². The third-order valence-electron chi connectivity index (χ3n) is 1.34. The van der Waals surface area contributed by atoms with E-state index in [0.29, 0.717) is 0 Å². The number of hydrogen-bond donors (Lipinski definition) is 3. The summed E-state index contributed by atoms with van der Waals surface area (Å²) in [5.74, 6) is -2.20. The van der Waals surface area contributed by atoms with Crippen molar-refractivity contribution in [3.8, 4) is 0 Å². The molecule has 0 heterocycles. The predicted molar refractivity (Wildman–Crippen MR) is 47.2 cm³/mol. The van der Waals surface area contributed by atoms with Gasteiger partial charge in [0.1, 0.15) is 5.71 Å². The minimum Gasteiger partial charge on any atom is -0.481 e. The average molecular weight is 203 g/mol. The van der Waals surface area contributed by atoms with Crippen molar-refractivity contribution in [1.29, 1.82) is 5.41 Å². The summed E-state index contributed by atoms with van der Waals surface area (Å²) < 4.78 is 4.53. The first kappa shape index (κ1) is 12.6. The second-order valence-electron chi connectivity index (χ2n) is 2.82. The maximum absolute atomic E-state index is 10.9. The van der Waals surface area contributed by atoms with Crippen LogP contribution in [0.15, 0.2) is 0 Å². The number of aliphatic hydroxyl groups excluding tert-OH is 1. The number of nitrogens with one attached hydrogen (secondary N) is 1. The van der Waals surface area contributed by atoms with E-state index in [2.05, 4.69) is 4.74 Å². The van der Waals surface area contributed by atoms with E-state index >= 15 is 0 Å². The van der Waals surface area contributed by atoms with Crippen molar-refractivity contribution >= 4 is 17.7 Å². The van der Waals surface area contributed by atoms with E-state index in [1.165, 1.54) is 6.92 Å². The van der Waals surface area contributed by atoms with Gasteiger partial charge in [-0.25, -0.2) is 4.79 Å². The highest BCUT2D eigenvalue weighted by Gasteiger charge is 2.14. The van der Waals surface area contributed by atoms with Crippen LogP contribution in [0.4, 0.5) is 0 Å². The average Bonchev–Trinajstić information content (AvgIpc) is 2.01. The van der Waals surface area contributed by atoms with E-state index in [4.69, 9.17) is 15.6 Å². The lowest BCUT2D eigenvalue weighted by Crippen LogP contribution is -2.21. The highest BCUT2D eigenvalue weighted by Crippen LogP contribution is 1.93. The first-order chi connectivity index (χ1) is 6.43. The van der Waals surface area contributed by atoms with E-state index in [1.54, 1.807) is 0 Å². The zero-order valence-electron chi connectivity index (χ0n) is 7.82. The topological polar surface area (TPSA) is 108 Å². The quantitative estimate of drug-likeness (QED) is 0.409. The van der Waals surface area contributed by atoms with E-state index < -0.39 is 30.2 Å². The minimum absolute atomic E-state index is 0.0154. The van der Waals surface area contributed by atoms with Gasteiger partial charge in [0, 0.05) is 6.42 Å². The molecule has 0 aliphatic rings. The van der Waals surface area contributed by atoms with Gasteiger partial charge < -0.3 is 14.9 Å². The summed E-state index contributed by atoms with van der Waals surface area (Å²) in [5, 5.41) is 24.1. The number of carbonyl (C=O) groups excluding carboxylic acids is 1. The van der Waals surface area contributed by atoms with Gasteiger partial charge in [-0.2, -0.15) is 0 Å². The third kappa shape index (κ3) is 6.13. The number of esters is 1. The molecule has 0 bridgehead atoms. The second kappa shape index (κ2) is 6.09. The Morgan fingerprint density at radius 2 is 2.07 bits per heavy atom. The normalized spacial score (nSPS) is 11.9. The van der Waals surface area contributed by atoms with Crippen LogP contribution < -0.4 is 0 Å². The Morgan fingerprint density at radius 1 is 1.50 bits per heavy atom. The van der Waals surface area contributed by atoms with Gasteiger partial charge in [-0.15, -0.1) is 0 Å². The summed E-state index contributed by atoms with van der Waals surface area (Å²) in [6.07, 6.45) is -0.962. The maximum Gasteiger partial charge on any atom is 0.352 e. The highest BCUT2D eigenvalue weighted by atomic mass is 16.5.